The van der Waals surface area contributed by atoms with Crippen LogP contribution < -0.4 is 5.43 Å². The van der Waals surface area contributed by atoms with E-state index in [0.717, 1.165) is 11.1 Å². The van der Waals surface area contributed by atoms with E-state index in [2.05, 4.69) is 41.1 Å². The van der Waals surface area contributed by atoms with Crippen LogP contribution in [0.25, 0.3) is 10.1 Å². The van der Waals surface area contributed by atoms with Crippen molar-refractivity contribution in [1.82, 2.24) is 10.4 Å². The molecule has 142 valence electrons. The lowest BCUT2D eigenvalue weighted by Gasteiger charge is -2.34. The molecule has 2 amide bonds. The quantitative estimate of drug-likeness (QED) is 0.506. The van der Waals surface area contributed by atoms with Crippen molar-refractivity contribution >= 4 is 33.7 Å². The monoisotopic (exact) mass is 382 g/mol. The number of aryl methyl sites for hydroxylation is 2. The van der Waals surface area contributed by atoms with Gasteiger partial charge in [-0.3, -0.25) is 15.0 Å². The number of benzene rings is 2. The summed E-state index contributed by atoms with van der Waals surface area (Å²) in [5, 5.41) is 4.81. The summed E-state index contributed by atoms with van der Waals surface area (Å²) < 4.78 is 1.37. The fraction of sp³-hybridized carbons (Fsp3) is 0.273. The van der Waals surface area contributed by atoms with Crippen LogP contribution in [0.1, 0.15) is 42.3 Å². The van der Waals surface area contributed by atoms with Crippen LogP contribution >= 0.6 is 11.3 Å². The van der Waals surface area contributed by atoms with Gasteiger partial charge in [0.05, 0.1) is 5.54 Å². The van der Waals surface area contributed by atoms with Gasteiger partial charge < -0.3 is 0 Å². The molecule has 3 rings (SSSR count). The minimum absolute atomic E-state index is 0.207. The van der Waals surface area contributed by atoms with Crippen LogP contribution in [0.4, 0.5) is 0 Å². The standard InChI is InChI=1S/C14H20N2O2.C8H6S/c1-10-6-11(2)8-12(7-10)13(18)16(15-9-17)14(3,4)5;1-2-4-8-7(3-1)5-6-9-8/h6-9H,1-5H3,(H,15,17);1-6H. The number of thiophene rings is 1. The van der Waals surface area contributed by atoms with Gasteiger partial charge in [-0.15, -0.1) is 11.3 Å². The van der Waals surface area contributed by atoms with Crippen LogP contribution in [0.2, 0.25) is 0 Å². The van der Waals surface area contributed by atoms with Crippen LogP contribution in [0.15, 0.2) is 53.9 Å². The van der Waals surface area contributed by atoms with E-state index in [0.29, 0.717) is 12.0 Å². The first-order chi connectivity index (χ1) is 12.7. The molecule has 0 bridgehead atoms. The van der Waals surface area contributed by atoms with Crippen molar-refractivity contribution in [2.45, 2.75) is 40.2 Å². The molecule has 0 aliphatic heterocycles. The highest BCUT2D eigenvalue weighted by Gasteiger charge is 2.27. The molecule has 2 aromatic carbocycles. The number of amides is 2. The first-order valence-electron chi connectivity index (χ1n) is 8.77. The smallest absolute Gasteiger partial charge is 0.272 e. The molecule has 1 heterocycles. The number of hydrogen-bond donors (Lipinski definition) is 1. The van der Waals surface area contributed by atoms with Crippen LogP contribution in [0.3, 0.4) is 0 Å². The van der Waals surface area contributed by atoms with Crippen molar-refractivity contribution in [3.8, 4) is 0 Å². The van der Waals surface area contributed by atoms with Gasteiger partial charge in [0.15, 0.2) is 0 Å². The fourth-order valence-electron chi connectivity index (χ4n) is 2.74. The third-order valence-electron chi connectivity index (χ3n) is 3.89. The Kier molecular flexibility index (Phi) is 6.75. The first-order valence-corrected chi connectivity index (χ1v) is 9.65. The number of nitrogens with zero attached hydrogens (tertiary/aromatic N) is 1. The summed E-state index contributed by atoms with van der Waals surface area (Å²) in [7, 11) is 0. The average Bonchev–Trinajstić information content (AvgIpc) is 3.06. The predicted octanol–water partition coefficient (Wildman–Crippen LogP) is 5.11. The molecule has 0 saturated carbocycles. The summed E-state index contributed by atoms with van der Waals surface area (Å²) in [6.45, 7) is 9.48. The van der Waals surface area contributed by atoms with E-state index in [1.54, 1.807) is 11.3 Å². The maximum Gasteiger partial charge on any atom is 0.272 e. The summed E-state index contributed by atoms with van der Waals surface area (Å²) >= 11 is 1.79. The second-order valence-electron chi connectivity index (χ2n) is 7.39. The Labute approximate surface area is 164 Å². The molecule has 1 N–H and O–H groups in total. The number of hydrogen-bond acceptors (Lipinski definition) is 3. The molecule has 27 heavy (non-hydrogen) atoms. The Morgan fingerprint density at radius 3 is 2.22 bits per heavy atom. The summed E-state index contributed by atoms with van der Waals surface area (Å²) in [4.78, 5) is 23.0. The Balaban J connectivity index is 0.000000239. The topological polar surface area (TPSA) is 49.4 Å². The molecule has 0 aliphatic carbocycles. The summed E-state index contributed by atoms with van der Waals surface area (Å²) in [6.07, 6.45) is 0.520. The maximum atomic E-state index is 12.4. The highest BCUT2D eigenvalue weighted by Crippen LogP contribution is 2.19. The van der Waals surface area contributed by atoms with E-state index in [4.69, 9.17) is 0 Å². The van der Waals surface area contributed by atoms with Gasteiger partial charge in [-0.05, 0) is 69.7 Å². The van der Waals surface area contributed by atoms with Gasteiger partial charge in [0.1, 0.15) is 0 Å². The lowest BCUT2D eigenvalue weighted by atomic mass is 10.0. The molecule has 0 fully saturated rings. The molecule has 1 aromatic heterocycles. The zero-order chi connectivity index (χ0) is 20.0. The van der Waals surface area contributed by atoms with Gasteiger partial charge in [0.25, 0.3) is 5.91 Å². The minimum Gasteiger partial charge on any atom is -0.277 e. The van der Waals surface area contributed by atoms with Gasteiger partial charge in [0, 0.05) is 10.3 Å². The molecule has 0 spiro atoms. The van der Waals surface area contributed by atoms with Crippen molar-refractivity contribution in [2.75, 3.05) is 0 Å². The minimum atomic E-state index is -0.477. The van der Waals surface area contributed by atoms with Gasteiger partial charge in [0.2, 0.25) is 6.41 Å². The summed E-state index contributed by atoms with van der Waals surface area (Å²) in [6, 6.07) is 16.2. The third-order valence-corrected chi connectivity index (χ3v) is 4.78. The van der Waals surface area contributed by atoms with Gasteiger partial charge in [-0.2, -0.15) is 0 Å². The second-order valence-corrected chi connectivity index (χ2v) is 8.34. The Hall–Kier alpha value is -2.66. The van der Waals surface area contributed by atoms with Crippen molar-refractivity contribution in [3.05, 3.63) is 70.6 Å². The number of fused-ring (bicyclic) bond motifs is 1. The molecule has 4 nitrogen and oxygen atoms in total. The highest BCUT2D eigenvalue weighted by atomic mass is 32.1. The molecule has 0 radical (unpaired) electrons. The van der Waals surface area contributed by atoms with E-state index in [1.807, 2.05) is 52.8 Å². The van der Waals surface area contributed by atoms with E-state index in [-0.39, 0.29) is 5.91 Å². The molecule has 0 saturated heterocycles. The second kappa shape index (κ2) is 8.82. The SMILES string of the molecule is Cc1cc(C)cc(C(=O)N(NC=O)C(C)(C)C)c1.c1ccc2sccc2c1. The first kappa shape index (κ1) is 20.6. The number of carbonyl (C=O) groups is 2. The molecular weight excluding hydrogens is 356 g/mol. The van der Waals surface area contributed by atoms with Gasteiger partial charge in [-0.1, -0.05) is 35.4 Å². The van der Waals surface area contributed by atoms with Crippen molar-refractivity contribution in [1.29, 1.82) is 0 Å². The summed E-state index contributed by atoms with van der Waals surface area (Å²) in [5.41, 5.74) is 4.62. The Bertz CT molecular complexity index is 875. The van der Waals surface area contributed by atoms with E-state index < -0.39 is 5.54 Å². The molecule has 0 unspecified atom stereocenters. The van der Waals surface area contributed by atoms with Crippen LogP contribution in [-0.2, 0) is 4.79 Å². The zero-order valence-corrected chi connectivity index (χ0v) is 17.3. The zero-order valence-electron chi connectivity index (χ0n) is 16.4. The predicted molar refractivity (Wildman–Crippen MR) is 113 cm³/mol. The molecule has 0 aliphatic rings. The van der Waals surface area contributed by atoms with Crippen molar-refractivity contribution in [2.24, 2.45) is 0 Å². The lowest BCUT2D eigenvalue weighted by molar-refractivity contribution is -0.114. The number of rotatable bonds is 3. The third kappa shape index (κ3) is 5.66. The van der Waals surface area contributed by atoms with Crippen LogP contribution in [0.5, 0.6) is 0 Å². The molecule has 3 aromatic rings. The number of carbonyl (C=O) groups excluding carboxylic acids is 2. The lowest BCUT2D eigenvalue weighted by Crippen LogP contribution is -2.53. The van der Waals surface area contributed by atoms with Crippen LogP contribution in [-0.4, -0.2) is 22.9 Å². The van der Waals surface area contributed by atoms with Crippen LogP contribution in [0, 0.1) is 13.8 Å². The number of hydrazine groups is 1. The maximum absolute atomic E-state index is 12.4. The van der Waals surface area contributed by atoms with E-state index in [1.165, 1.54) is 15.1 Å². The molecular formula is C22H26N2O2S. The normalized spacial score (nSPS) is 10.7. The number of nitrogens with one attached hydrogen (secondary N) is 1. The van der Waals surface area contributed by atoms with E-state index in [9.17, 15) is 9.59 Å². The Morgan fingerprint density at radius 2 is 1.67 bits per heavy atom. The van der Waals surface area contributed by atoms with Gasteiger partial charge >= 0.3 is 0 Å². The van der Waals surface area contributed by atoms with E-state index >= 15 is 0 Å². The Morgan fingerprint density at radius 1 is 1.04 bits per heavy atom. The fourth-order valence-corrected chi connectivity index (χ4v) is 3.53. The largest absolute Gasteiger partial charge is 0.277 e. The van der Waals surface area contributed by atoms with Crippen molar-refractivity contribution in [3.63, 3.8) is 0 Å². The van der Waals surface area contributed by atoms with Gasteiger partial charge in [-0.25, -0.2) is 5.01 Å². The van der Waals surface area contributed by atoms with Crippen molar-refractivity contribution < 1.29 is 9.59 Å². The summed E-state index contributed by atoms with van der Waals surface area (Å²) in [5.74, 6) is -0.207. The highest BCUT2D eigenvalue weighted by molar-refractivity contribution is 7.17. The average molecular weight is 383 g/mol. The molecule has 0 atom stereocenters. The molecule has 5 heteroatoms.